The summed E-state index contributed by atoms with van der Waals surface area (Å²) in [4.78, 5) is 23.2. The molecule has 24 heavy (non-hydrogen) atoms. The number of halogens is 1. The lowest BCUT2D eigenvalue weighted by Gasteiger charge is -2.04. The lowest BCUT2D eigenvalue weighted by atomic mass is 10.1. The molecule has 2 aromatic carbocycles. The maximum absolute atomic E-state index is 13.4. The normalized spacial score (nSPS) is 10.6. The van der Waals surface area contributed by atoms with Crippen LogP contribution < -0.4 is 10.6 Å². The Kier molecular flexibility index (Phi) is 6.25. The number of amides is 2. The first-order valence-electron chi connectivity index (χ1n) is 7.61. The second-order valence-corrected chi connectivity index (χ2v) is 5.17. The Bertz CT molecular complexity index is 739. The van der Waals surface area contributed by atoms with Crippen molar-refractivity contribution < 1.29 is 14.0 Å². The first kappa shape index (κ1) is 17.4. The fourth-order valence-corrected chi connectivity index (χ4v) is 2.14. The Balaban J connectivity index is 1.82. The van der Waals surface area contributed by atoms with Crippen LogP contribution in [0.1, 0.15) is 21.5 Å². The quantitative estimate of drug-likeness (QED) is 0.802. The molecule has 2 N–H and O–H groups in total. The molecule has 4 nitrogen and oxygen atoms in total. The lowest BCUT2D eigenvalue weighted by molar-refractivity contribution is -0.116. The third-order valence-corrected chi connectivity index (χ3v) is 3.48. The Morgan fingerprint density at radius 3 is 2.46 bits per heavy atom. The molecule has 0 aliphatic heterocycles. The molecule has 0 saturated carbocycles. The zero-order chi connectivity index (χ0) is 17.4. The van der Waals surface area contributed by atoms with Gasteiger partial charge < -0.3 is 10.6 Å². The summed E-state index contributed by atoms with van der Waals surface area (Å²) in [5.74, 6) is -0.670. The van der Waals surface area contributed by atoms with E-state index in [0.717, 1.165) is 5.56 Å². The van der Waals surface area contributed by atoms with Gasteiger partial charge in [0.2, 0.25) is 5.91 Å². The van der Waals surface area contributed by atoms with Crippen molar-refractivity contribution in [3.63, 3.8) is 0 Å². The molecule has 0 unspecified atom stereocenters. The van der Waals surface area contributed by atoms with Crippen molar-refractivity contribution in [1.29, 1.82) is 0 Å². The predicted molar refractivity (Wildman–Crippen MR) is 92.0 cm³/mol. The number of carbonyl (C=O) groups is 2. The van der Waals surface area contributed by atoms with E-state index in [-0.39, 0.29) is 17.6 Å². The maximum Gasteiger partial charge on any atom is 0.251 e. The maximum atomic E-state index is 13.4. The Morgan fingerprint density at radius 2 is 1.79 bits per heavy atom. The molecular weight excluding hydrogens is 307 g/mol. The lowest BCUT2D eigenvalue weighted by Crippen LogP contribution is -2.23. The number of nitrogens with one attached hydrogen (secondary N) is 2. The molecule has 0 radical (unpaired) electrons. The van der Waals surface area contributed by atoms with Gasteiger partial charge in [-0.3, -0.25) is 9.59 Å². The van der Waals surface area contributed by atoms with E-state index in [1.807, 2.05) is 0 Å². The molecular formula is C19H19FN2O2. The predicted octanol–water partition coefficient (Wildman–Crippen LogP) is 2.56. The van der Waals surface area contributed by atoms with Gasteiger partial charge in [0, 0.05) is 25.2 Å². The average molecular weight is 326 g/mol. The van der Waals surface area contributed by atoms with Crippen LogP contribution in [0.2, 0.25) is 0 Å². The molecule has 2 aromatic rings. The van der Waals surface area contributed by atoms with E-state index in [9.17, 15) is 14.0 Å². The highest BCUT2D eigenvalue weighted by molar-refractivity contribution is 5.94. The third-order valence-electron chi connectivity index (χ3n) is 3.48. The number of rotatable bonds is 6. The van der Waals surface area contributed by atoms with Crippen molar-refractivity contribution in [2.45, 2.75) is 6.42 Å². The van der Waals surface area contributed by atoms with Crippen LogP contribution in [-0.4, -0.2) is 25.4 Å². The number of benzene rings is 2. The summed E-state index contributed by atoms with van der Waals surface area (Å²) >= 11 is 0. The Morgan fingerprint density at radius 1 is 1.08 bits per heavy atom. The molecule has 0 atom stereocenters. The zero-order valence-corrected chi connectivity index (χ0v) is 13.4. The highest BCUT2D eigenvalue weighted by Crippen LogP contribution is 2.07. The Hall–Kier alpha value is -2.95. The van der Waals surface area contributed by atoms with Crippen LogP contribution in [-0.2, 0) is 11.2 Å². The first-order valence-corrected chi connectivity index (χ1v) is 7.61. The van der Waals surface area contributed by atoms with E-state index in [2.05, 4.69) is 10.6 Å². The summed E-state index contributed by atoms with van der Waals surface area (Å²) in [5.41, 5.74) is 1.95. The van der Waals surface area contributed by atoms with Crippen LogP contribution >= 0.6 is 0 Å². The smallest absolute Gasteiger partial charge is 0.251 e. The molecule has 0 aliphatic rings. The minimum Gasteiger partial charge on any atom is -0.355 e. The number of hydrogen-bond acceptors (Lipinski definition) is 2. The summed E-state index contributed by atoms with van der Waals surface area (Å²) in [6.45, 7) is 0.361. The van der Waals surface area contributed by atoms with Gasteiger partial charge in [-0.25, -0.2) is 4.39 Å². The molecule has 0 heterocycles. The molecule has 0 fully saturated rings. The van der Waals surface area contributed by atoms with E-state index in [1.54, 1.807) is 55.6 Å². The van der Waals surface area contributed by atoms with Crippen LogP contribution in [0.5, 0.6) is 0 Å². The summed E-state index contributed by atoms with van der Waals surface area (Å²) in [6.07, 6.45) is 3.51. The standard InChI is InChI=1S/C19H19FN2O2/c1-21-19(24)16-9-6-14(7-10-16)8-11-18(23)22-13-12-15-4-2-3-5-17(15)20/h2-11H,12-13H2,1H3,(H,21,24)(H,22,23)/b11-8+. The van der Waals surface area contributed by atoms with E-state index in [1.165, 1.54) is 12.1 Å². The molecule has 0 aliphatic carbocycles. The van der Waals surface area contributed by atoms with Crippen molar-refractivity contribution in [1.82, 2.24) is 10.6 Å². The topological polar surface area (TPSA) is 58.2 Å². The van der Waals surface area contributed by atoms with E-state index in [0.29, 0.717) is 24.1 Å². The molecule has 2 rings (SSSR count). The highest BCUT2D eigenvalue weighted by atomic mass is 19.1. The van der Waals surface area contributed by atoms with Crippen LogP contribution in [0, 0.1) is 5.82 Å². The second kappa shape index (κ2) is 8.62. The molecule has 2 amide bonds. The average Bonchev–Trinajstić information content (AvgIpc) is 2.61. The highest BCUT2D eigenvalue weighted by Gasteiger charge is 2.02. The molecule has 0 aromatic heterocycles. The zero-order valence-electron chi connectivity index (χ0n) is 13.4. The van der Waals surface area contributed by atoms with Crippen molar-refractivity contribution in [2.24, 2.45) is 0 Å². The molecule has 0 saturated heterocycles. The Labute approximate surface area is 140 Å². The minimum absolute atomic E-state index is 0.156. The van der Waals surface area contributed by atoms with Crippen LogP contribution in [0.3, 0.4) is 0 Å². The van der Waals surface area contributed by atoms with Crippen molar-refractivity contribution >= 4 is 17.9 Å². The van der Waals surface area contributed by atoms with Gasteiger partial charge in [-0.15, -0.1) is 0 Å². The van der Waals surface area contributed by atoms with Gasteiger partial charge in [-0.1, -0.05) is 30.3 Å². The van der Waals surface area contributed by atoms with Gasteiger partial charge in [0.15, 0.2) is 0 Å². The van der Waals surface area contributed by atoms with E-state index in [4.69, 9.17) is 0 Å². The fourth-order valence-electron chi connectivity index (χ4n) is 2.14. The van der Waals surface area contributed by atoms with Gasteiger partial charge in [-0.2, -0.15) is 0 Å². The van der Waals surface area contributed by atoms with Crippen molar-refractivity contribution in [3.05, 3.63) is 77.1 Å². The summed E-state index contributed by atoms with van der Waals surface area (Å²) < 4.78 is 13.4. The van der Waals surface area contributed by atoms with Crippen LogP contribution in [0.25, 0.3) is 6.08 Å². The monoisotopic (exact) mass is 326 g/mol. The number of carbonyl (C=O) groups excluding carboxylic acids is 2. The van der Waals surface area contributed by atoms with Crippen LogP contribution in [0.15, 0.2) is 54.6 Å². The summed E-state index contributed by atoms with van der Waals surface area (Å²) in [5, 5.41) is 5.25. The molecule has 5 heteroatoms. The minimum atomic E-state index is -0.265. The summed E-state index contributed by atoms with van der Waals surface area (Å²) in [7, 11) is 1.57. The van der Waals surface area contributed by atoms with Gasteiger partial charge in [0.05, 0.1) is 0 Å². The molecule has 0 bridgehead atoms. The SMILES string of the molecule is CNC(=O)c1ccc(/C=C/C(=O)NCCc2ccccc2F)cc1. The van der Waals surface area contributed by atoms with Crippen molar-refractivity contribution in [2.75, 3.05) is 13.6 Å². The van der Waals surface area contributed by atoms with Gasteiger partial charge >= 0.3 is 0 Å². The molecule has 0 spiro atoms. The second-order valence-electron chi connectivity index (χ2n) is 5.17. The van der Waals surface area contributed by atoms with Gasteiger partial charge in [0.25, 0.3) is 5.91 Å². The van der Waals surface area contributed by atoms with Crippen LogP contribution in [0.4, 0.5) is 4.39 Å². The largest absolute Gasteiger partial charge is 0.355 e. The number of hydrogen-bond donors (Lipinski definition) is 2. The molecule has 124 valence electrons. The fraction of sp³-hybridized carbons (Fsp3) is 0.158. The third kappa shape index (κ3) is 5.05. The van der Waals surface area contributed by atoms with E-state index >= 15 is 0 Å². The first-order chi connectivity index (χ1) is 11.6. The van der Waals surface area contributed by atoms with Gasteiger partial charge in [0.1, 0.15) is 5.82 Å². The van der Waals surface area contributed by atoms with E-state index < -0.39 is 0 Å². The van der Waals surface area contributed by atoms with Gasteiger partial charge in [-0.05, 0) is 41.8 Å². The van der Waals surface area contributed by atoms with Crippen molar-refractivity contribution in [3.8, 4) is 0 Å². The summed E-state index contributed by atoms with van der Waals surface area (Å²) in [6, 6.07) is 13.4.